The van der Waals surface area contributed by atoms with Crippen LogP contribution in [0.2, 0.25) is 0 Å². The number of para-hydroxylation sites is 1. The van der Waals surface area contributed by atoms with Gasteiger partial charge in [0.05, 0.1) is 24.3 Å². The van der Waals surface area contributed by atoms with E-state index in [0.717, 1.165) is 46.9 Å². The van der Waals surface area contributed by atoms with E-state index >= 15 is 0 Å². The molecule has 1 saturated heterocycles. The zero-order chi connectivity index (χ0) is 21.2. The highest BCUT2D eigenvalue weighted by atomic mass is 32.2. The lowest BCUT2D eigenvalue weighted by atomic mass is 10.1. The molecule has 1 fully saturated rings. The molecule has 8 heteroatoms. The molecule has 31 heavy (non-hydrogen) atoms. The van der Waals surface area contributed by atoms with E-state index in [-0.39, 0.29) is 11.9 Å². The number of fused-ring (bicyclic) bond motifs is 1. The average Bonchev–Trinajstić information content (AvgIpc) is 3.53. The quantitative estimate of drug-likeness (QED) is 0.437. The number of nitriles is 1. The Hall–Kier alpha value is -3.15. The van der Waals surface area contributed by atoms with Gasteiger partial charge in [0.25, 0.3) is 0 Å². The number of hydrogen-bond acceptors (Lipinski definition) is 5. The van der Waals surface area contributed by atoms with Crippen LogP contribution in [0.25, 0.3) is 22.3 Å². The number of H-pyrrole nitrogens is 1. The Morgan fingerprint density at radius 1 is 1.26 bits per heavy atom. The Balaban J connectivity index is 1.48. The van der Waals surface area contributed by atoms with Crippen LogP contribution in [0.1, 0.15) is 24.0 Å². The van der Waals surface area contributed by atoms with Crippen LogP contribution in [-0.4, -0.2) is 32.5 Å². The second-order valence-electron chi connectivity index (χ2n) is 7.51. The van der Waals surface area contributed by atoms with Crippen LogP contribution in [0, 0.1) is 17.1 Å². The molecule has 1 aliphatic heterocycles. The summed E-state index contributed by atoms with van der Waals surface area (Å²) in [5.74, 6) is 0.791. The van der Waals surface area contributed by atoms with Crippen LogP contribution in [-0.2, 0) is 17.0 Å². The third-order valence-electron chi connectivity index (χ3n) is 5.50. The van der Waals surface area contributed by atoms with Crippen molar-refractivity contribution in [1.29, 1.82) is 5.26 Å². The fraction of sp³-hybridized carbons (Fsp3) is 0.261. The Morgan fingerprint density at radius 3 is 2.97 bits per heavy atom. The molecule has 0 bridgehead atoms. The Morgan fingerprint density at radius 2 is 2.16 bits per heavy atom. The van der Waals surface area contributed by atoms with Gasteiger partial charge in [0.15, 0.2) is 11.0 Å². The van der Waals surface area contributed by atoms with Gasteiger partial charge in [-0.25, -0.2) is 4.39 Å². The van der Waals surface area contributed by atoms with Crippen molar-refractivity contribution < 1.29 is 9.13 Å². The summed E-state index contributed by atoms with van der Waals surface area (Å²) in [4.78, 5) is 3.30. The van der Waals surface area contributed by atoms with Gasteiger partial charge in [0, 0.05) is 35.0 Å². The van der Waals surface area contributed by atoms with Crippen molar-refractivity contribution in [3.05, 3.63) is 65.6 Å². The van der Waals surface area contributed by atoms with Gasteiger partial charge in [-0.15, -0.1) is 10.2 Å². The lowest BCUT2D eigenvalue weighted by Crippen LogP contribution is -2.16. The highest BCUT2D eigenvalue weighted by Gasteiger charge is 2.23. The third kappa shape index (κ3) is 3.94. The number of benzene rings is 2. The first-order valence-electron chi connectivity index (χ1n) is 10.2. The van der Waals surface area contributed by atoms with Crippen LogP contribution in [0.4, 0.5) is 4.39 Å². The molecule has 2 aromatic heterocycles. The lowest BCUT2D eigenvalue weighted by Gasteiger charge is -2.14. The fourth-order valence-electron chi connectivity index (χ4n) is 3.88. The summed E-state index contributed by atoms with van der Waals surface area (Å²) < 4.78 is 22.3. The first kappa shape index (κ1) is 19.8. The summed E-state index contributed by atoms with van der Waals surface area (Å²) >= 11 is 1.44. The second-order valence-corrected chi connectivity index (χ2v) is 8.45. The van der Waals surface area contributed by atoms with Gasteiger partial charge in [-0.2, -0.15) is 5.26 Å². The minimum absolute atomic E-state index is 0.117. The van der Waals surface area contributed by atoms with E-state index in [4.69, 9.17) is 10.00 Å². The number of rotatable bonds is 6. The summed E-state index contributed by atoms with van der Waals surface area (Å²) in [7, 11) is 0. The summed E-state index contributed by atoms with van der Waals surface area (Å²) in [6.07, 6.45) is 4.12. The Kier molecular flexibility index (Phi) is 5.45. The molecule has 1 aliphatic rings. The maximum absolute atomic E-state index is 14.3. The first-order valence-corrected chi connectivity index (χ1v) is 11.1. The number of aromatic nitrogens is 4. The topological polar surface area (TPSA) is 79.5 Å². The number of aromatic amines is 1. The maximum atomic E-state index is 14.3. The summed E-state index contributed by atoms with van der Waals surface area (Å²) in [6, 6.07) is 14.6. The van der Waals surface area contributed by atoms with Crippen molar-refractivity contribution in [2.24, 2.45) is 0 Å². The van der Waals surface area contributed by atoms with Crippen molar-refractivity contribution in [2.45, 2.75) is 36.4 Å². The molecule has 1 N–H and O–H groups in total. The molecule has 0 radical (unpaired) electrons. The summed E-state index contributed by atoms with van der Waals surface area (Å²) in [6.45, 7) is 1.42. The highest BCUT2D eigenvalue weighted by Crippen LogP contribution is 2.32. The van der Waals surface area contributed by atoms with Gasteiger partial charge in [0.1, 0.15) is 5.82 Å². The maximum Gasteiger partial charge on any atom is 0.191 e. The van der Waals surface area contributed by atoms with Crippen LogP contribution in [0.15, 0.2) is 53.8 Å². The molecule has 5 rings (SSSR count). The van der Waals surface area contributed by atoms with E-state index in [2.05, 4.69) is 25.8 Å². The van der Waals surface area contributed by atoms with E-state index in [9.17, 15) is 4.39 Å². The summed E-state index contributed by atoms with van der Waals surface area (Å²) in [5, 5.41) is 19.7. The molecular formula is C23H20FN5OS. The van der Waals surface area contributed by atoms with Gasteiger partial charge in [0.2, 0.25) is 0 Å². The molecule has 2 aromatic carbocycles. The fourth-order valence-corrected chi connectivity index (χ4v) is 4.82. The molecule has 0 unspecified atom stereocenters. The standard InChI is InChI=1S/C23H20FN5OS/c24-20-10-15(11-25)7-8-16(20)14-31-23-28-27-22(29(23)13-17-4-3-9-30-17)19-12-26-21-6-2-1-5-18(19)21/h1-2,5-8,10,12,17,26H,3-4,9,13-14H2/t17-/m0/s1. The Labute approximate surface area is 183 Å². The molecule has 4 aromatic rings. The number of nitrogens with one attached hydrogen (secondary N) is 1. The van der Waals surface area contributed by atoms with Crippen LogP contribution in [0.5, 0.6) is 0 Å². The smallest absolute Gasteiger partial charge is 0.191 e. The van der Waals surface area contributed by atoms with Crippen LogP contribution >= 0.6 is 11.8 Å². The lowest BCUT2D eigenvalue weighted by molar-refractivity contribution is 0.0953. The molecule has 0 amide bonds. The number of halogens is 1. The molecule has 3 heterocycles. The number of nitrogens with zero attached hydrogens (tertiary/aromatic N) is 4. The summed E-state index contributed by atoms with van der Waals surface area (Å²) in [5.41, 5.74) is 2.87. The normalized spacial score (nSPS) is 16.1. The molecule has 0 aliphatic carbocycles. The van der Waals surface area contributed by atoms with Crippen molar-refractivity contribution in [3.8, 4) is 17.5 Å². The predicted octanol–water partition coefficient (Wildman–Crippen LogP) is 4.91. The molecule has 0 spiro atoms. The second kappa shape index (κ2) is 8.53. The van der Waals surface area contributed by atoms with Crippen molar-refractivity contribution in [2.75, 3.05) is 6.61 Å². The van der Waals surface area contributed by atoms with Gasteiger partial charge in [-0.05, 0) is 36.6 Å². The number of hydrogen-bond donors (Lipinski definition) is 1. The Bertz CT molecular complexity index is 1270. The van der Waals surface area contributed by atoms with Crippen LogP contribution in [0.3, 0.4) is 0 Å². The predicted molar refractivity (Wildman–Crippen MR) is 117 cm³/mol. The SMILES string of the molecule is N#Cc1ccc(CSc2nnc(-c3c[nH]c4ccccc34)n2C[C@@H]2CCCO2)c(F)c1. The van der Waals surface area contributed by atoms with Gasteiger partial charge in [-0.3, -0.25) is 4.57 Å². The van der Waals surface area contributed by atoms with Crippen molar-refractivity contribution in [3.63, 3.8) is 0 Å². The largest absolute Gasteiger partial charge is 0.376 e. The van der Waals surface area contributed by atoms with E-state index in [1.165, 1.54) is 17.8 Å². The van der Waals surface area contributed by atoms with E-state index in [1.54, 1.807) is 12.1 Å². The monoisotopic (exact) mass is 433 g/mol. The molecule has 6 nitrogen and oxygen atoms in total. The van der Waals surface area contributed by atoms with Gasteiger partial charge >= 0.3 is 0 Å². The molecular weight excluding hydrogens is 413 g/mol. The first-order chi connectivity index (χ1) is 15.2. The molecule has 156 valence electrons. The minimum atomic E-state index is -0.381. The highest BCUT2D eigenvalue weighted by molar-refractivity contribution is 7.98. The van der Waals surface area contributed by atoms with Gasteiger partial charge in [-0.1, -0.05) is 36.0 Å². The minimum Gasteiger partial charge on any atom is -0.376 e. The van der Waals surface area contributed by atoms with Crippen LogP contribution < -0.4 is 0 Å². The number of ether oxygens (including phenoxy) is 1. The average molecular weight is 434 g/mol. The molecule has 0 saturated carbocycles. The van der Waals surface area contributed by atoms with Crippen molar-refractivity contribution >= 4 is 22.7 Å². The van der Waals surface area contributed by atoms with E-state index in [1.807, 2.05) is 30.5 Å². The van der Waals surface area contributed by atoms with Crippen molar-refractivity contribution in [1.82, 2.24) is 19.7 Å². The number of thioether (sulfide) groups is 1. The zero-order valence-corrected chi connectivity index (χ0v) is 17.5. The van der Waals surface area contributed by atoms with E-state index < -0.39 is 0 Å². The van der Waals surface area contributed by atoms with Gasteiger partial charge < -0.3 is 9.72 Å². The van der Waals surface area contributed by atoms with E-state index in [0.29, 0.717) is 23.4 Å². The third-order valence-corrected chi connectivity index (χ3v) is 6.51. The molecule has 1 atom stereocenters. The zero-order valence-electron chi connectivity index (χ0n) is 16.7.